The molecule has 0 bridgehead atoms. The van der Waals surface area contributed by atoms with Gasteiger partial charge < -0.3 is 19.4 Å². The summed E-state index contributed by atoms with van der Waals surface area (Å²) in [5.74, 6) is 1.60. The molecule has 0 aliphatic carbocycles. The second-order valence-corrected chi connectivity index (χ2v) is 4.77. The minimum atomic E-state index is 0.581. The van der Waals surface area contributed by atoms with Crippen LogP contribution in [0, 0.1) is 0 Å². The molecular formula is C16H23N3O2. The smallest absolute Gasteiger partial charge is 0.165 e. The van der Waals surface area contributed by atoms with Crippen molar-refractivity contribution < 1.29 is 9.47 Å². The standard InChI is InChI=1S/C16H23N3O2/c1-3-7-17-12-14-5-4-6-15(20-2)16(14)21-11-10-19-9-8-18-13-19/h4-6,8-9,13,17H,3,7,10-12H2,1-2H3. The number of ether oxygens (including phenoxy) is 2. The van der Waals surface area contributed by atoms with E-state index in [-0.39, 0.29) is 0 Å². The zero-order valence-corrected chi connectivity index (χ0v) is 12.7. The van der Waals surface area contributed by atoms with Crippen molar-refractivity contribution in [2.24, 2.45) is 0 Å². The van der Waals surface area contributed by atoms with Crippen molar-refractivity contribution in [1.82, 2.24) is 14.9 Å². The molecular weight excluding hydrogens is 266 g/mol. The van der Waals surface area contributed by atoms with Crippen LogP contribution in [-0.2, 0) is 13.1 Å². The third-order valence-corrected chi connectivity index (χ3v) is 3.18. The highest BCUT2D eigenvalue weighted by Crippen LogP contribution is 2.31. The molecule has 0 saturated carbocycles. The Bertz CT molecular complexity index is 526. The number of hydrogen-bond donors (Lipinski definition) is 1. The minimum absolute atomic E-state index is 0.581. The highest BCUT2D eigenvalue weighted by atomic mass is 16.5. The highest BCUT2D eigenvalue weighted by Gasteiger charge is 2.10. The van der Waals surface area contributed by atoms with Crippen LogP contribution in [0.2, 0.25) is 0 Å². The minimum Gasteiger partial charge on any atom is -0.493 e. The van der Waals surface area contributed by atoms with Crippen LogP contribution in [0.1, 0.15) is 18.9 Å². The second-order valence-electron chi connectivity index (χ2n) is 4.77. The summed E-state index contributed by atoms with van der Waals surface area (Å²) < 4.78 is 13.3. The van der Waals surface area contributed by atoms with Gasteiger partial charge in [0.1, 0.15) is 6.61 Å². The number of rotatable bonds is 9. The van der Waals surface area contributed by atoms with Crippen molar-refractivity contribution in [3.05, 3.63) is 42.5 Å². The largest absolute Gasteiger partial charge is 0.493 e. The Hall–Kier alpha value is -2.01. The molecule has 2 aromatic rings. The van der Waals surface area contributed by atoms with Gasteiger partial charge in [-0.05, 0) is 19.0 Å². The maximum atomic E-state index is 5.95. The van der Waals surface area contributed by atoms with Crippen LogP contribution in [0.3, 0.4) is 0 Å². The summed E-state index contributed by atoms with van der Waals surface area (Å²) in [5, 5.41) is 3.40. The summed E-state index contributed by atoms with van der Waals surface area (Å²) >= 11 is 0. The van der Waals surface area contributed by atoms with E-state index in [4.69, 9.17) is 9.47 Å². The summed E-state index contributed by atoms with van der Waals surface area (Å²) in [4.78, 5) is 4.02. The molecule has 5 nitrogen and oxygen atoms in total. The molecule has 0 aliphatic rings. The van der Waals surface area contributed by atoms with E-state index in [0.29, 0.717) is 6.61 Å². The molecule has 21 heavy (non-hydrogen) atoms. The predicted molar refractivity (Wildman–Crippen MR) is 82.7 cm³/mol. The SMILES string of the molecule is CCCNCc1cccc(OC)c1OCCn1ccnc1. The lowest BCUT2D eigenvalue weighted by Gasteiger charge is -2.15. The molecule has 0 unspecified atom stereocenters. The molecule has 5 heteroatoms. The molecule has 1 aromatic carbocycles. The van der Waals surface area contributed by atoms with Gasteiger partial charge in [0.2, 0.25) is 0 Å². The van der Waals surface area contributed by atoms with E-state index in [1.54, 1.807) is 19.6 Å². The second kappa shape index (κ2) is 8.32. The van der Waals surface area contributed by atoms with E-state index in [1.165, 1.54) is 0 Å². The maximum absolute atomic E-state index is 5.95. The van der Waals surface area contributed by atoms with E-state index in [2.05, 4.69) is 23.3 Å². The zero-order valence-electron chi connectivity index (χ0n) is 12.7. The first-order chi connectivity index (χ1) is 10.3. The molecule has 0 atom stereocenters. The zero-order chi connectivity index (χ0) is 14.9. The fourth-order valence-electron chi connectivity index (χ4n) is 2.10. The maximum Gasteiger partial charge on any atom is 0.165 e. The number of nitrogens with zero attached hydrogens (tertiary/aromatic N) is 2. The van der Waals surface area contributed by atoms with Gasteiger partial charge in [-0.1, -0.05) is 19.1 Å². The van der Waals surface area contributed by atoms with Crippen LogP contribution < -0.4 is 14.8 Å². The van der Waals surface area contributed by atoms with Crippen LogP contribution in [0.25, 0.3) is 0 Å². The Morgan fingerprint density at radius 1 is 1.33 bits per heavy atom. The molecule has 0 radical (unpaired) electrons. The number of nitrogens with one attached hydrogen (secondary N) is 1. The number of benzene rings is 1. The first kappa shape index (κ1) is 15.4. The van der Waals surface area contributed by atoms with Crippen LogP contribution in [0.15, 0.2) is 36.9 Å². The van der Waals surface area contributed by atoms with Gasteiger partial charge in [-0.25, -0.2) is 4.98 Å². The lowest BCUT2D eigenvalue weighted by Crippen LogP contribution is -2.16. The first-order valence-electron chi connectivity index (χ1n) is 7.30. The van der Waals surface area contributed by atoms with Crippen LogP contribution >= 0.6 is 0 Å². The lowest BCUT2D eigenvalue weighted by molar-refractivity contribution is 0.276. The van der Waals surface area contributed by atoms with Gasteiger partial charge in [0.15, 0.2) is 11.5 Å². The normalized spacial score (nSPS) is 10.6. The average molecular weight is 289 g/mol. The Morgan fingerprint density at radius 2 is 2.24 bits per heavy atom. The Morgan fingerprint density at radius 3 is 2.95 bits per heavy atom. The third-order valence-electron chi connectivity index (χ3n) is 3.18. The Labute approximate surface area is 125 Å². The first-order valence-corrected chi connectivity index (χ1v) is 7.30. The summed E-state index contributed by atoms with van der Waals surface area (Å²) in [5.41, 5.74) is 1.12. The fraction of sp³-hybridized carbons (Fsp3) is 0.438. The number of para-hydroxylation sites is 1. The van der Waals surface area contributed by atoms with Gasteiger partial charge in [0.25, 0.3) is 0 Å². The van der Waals surface area contributed by atoms with E-state index in [1.807, 2.05) is 22.9 Å². The van der Waals surface area contributed by atoms with Crippen molar-refractivity contribution in [2.45, 2.75) is 26.4 Å². The van der Waals surface area contributed by atoms with Gasteiger partial charge in [0.05, 0.1) is 20.0 Å². The molecule has 0 saturated heterocycles. The number of aromatic nitrogens is 2. The molecule has 2 rings (SSSR count). The molecule has 0 amide bonds. The number of hydrogen-bond acceptors (Lipinski definition) is 4. The van der Waals surface area contributed by atoms with Crippen molar-refractivity contribution in [3.63, 3.8) is 0 Å². The summed E-state index contributed by atoms with van der Waals surface area (Å²) in [6, 6.07) is 5.98. The summed E-state index contributed by atoms with van der Waals surface area (Å²) in [7, 11) is 1.67. The lowest BCUT2D eigenvalue weighted by atomic mass is 10.2. The molecule has 0 aliphatic heterocycles. The number of imidazole rings is 1. The van der Waals surface area contributed by atoms with Crippen LogP contribution in [0.5, 0.6) is 11.5 Å². The molecule has 1 heterocycles. The van der Waals surface area contributed by atoms with Gasteiger partial charge in [0, 0.05) is 24.5 Å². The van der Waals surface area contributed by atoms with Crippen molar-refractivity contribution in [2.75, 3.05) is 20.3 Å². The molecule has 1 aromatic heterocycles. The Balaban J connectivity index is 2.00. The molecule has 0 spiro atoms. The highest BCUT2D eigenvalue weighted by molar-refractivity contribution is 5.46. The monoisotopic (exact) mass is 289 g/mol. The van der Waals surface area contributed by atoms with E-state index >= 15 is 0 Å². The molecule has 0 fully saturated rings. The van der Waals surface area contributed by atoms with E-state index in [9.17, 15) is 0 Å². The predicted octanol–water partition coefficient (Wildman–Crippen LogP) is 2.47. The summed E-state index contributed by atoms with van der Waals surface area (Å²) in [6.07, 6.45) is 6.59. The molecule has 114 valence electrons. The number of methoxy groups -OCH3 is 1. The van der Waals surface area contributed by atoms with E-state index in [0.717, 1.165) is 43.1 Å². The molecule has 1 N–H and O–H groups in total. The van der Waals surface area contributed by atoms with Gasteiger partial charge in [-0.3, -0.25) is 0 Å². The van der Waals surface area contributed by atoms with Crippen LogP contribution in [0.4, 0.5) is 0 Å². The van der Waals surface area contributed by atoms with E-state index < -0.39 is 0 Å². The summed E-state index contributed by atoms with van der Waals surface area (Å²) in [6.45, 7) is 5.27. The average Bonchev–Trinajstić information content (AvgIpc) is 3.02. The quantitative estimate of drug-likeness (QED) is 0.720. The van der Waals surface area contributed by atoms with Gasteiger partial charge >= 0.3 is 0 Å². The van der Waals surface area contributed by atoms with Crippen LogP contribution in [-0.4, -0.2) is 29.8 Å². The van der Waals surface area contributed by atoms with Crippen molar-refractivity contribution >= 4 is 0 Å². The van der Waals surface area contributed by atoms with Gasteiger partial charge in [-0.2, -0.15) is 0 Å². The Kier molecular flexibility index (Phi) is 6.09. The van der Waals surface area contributed by atoms with Crippen molar-refractivity contribution in [3.8, 4) is 11.5 Å². The van der Waals surface area contributed by atoms with Gasteiger partial charge in [-0.15, -0.1) is 0 Å². The third kappa shape index (κ3) is 4.49. The fourth-order valence-corrected chi connectivity index (χ4v) is 2.10. The topological polar surface area (TPSA) is 48.3 Å². The van der Waals surface area contributed by atoms with Crippen molar-refractivity contribution in [1.29, 1.82) is 0 Å².